The SMILES string of the molecule is Cc1noc(C)c1CC(=O)N1CCN(C(=O)CCCNC(=O)c2ccc(Cl)cc2)CC1. The van der Waals surface area contributed by atoms with E-state index in [0.717, 1.165) is 11.3 Å². The first kappa shape index (κ1) is 22.8. The number of benzene rings is 1. The molecule has 2 aromatic rings. The van der Waals surface area contributed by atoms with Crippen LogP contribution in [0.1, 0.15) is 40.2 Å². The Morgan fingerprint density at radius 2 is 1.65 bits per heavy atom. The minimum Gasteiger partial charge on any atom is -0.361 e. The fraction of sp³-hybridized carbons (Fsp3) is 0.455. The van der Waals surface area contributed by atoms with Crippen molar-refractivity contribution in [3.05, 3.63) is 51.9 Å². The van der Waals surface area contributed by atoms with Crippen molar-refractivity contribution < 1.29 is 18.9 Å². The van der Waals surface area contributed by atoms with Gasteiger partial charge in [0.25, 0.3) is 5.91 Å². The number of carbonyl (C=O) groups is 3. The average molecular weight is 447 g/mol. The van der Waals surface area contributed by atoms with E-state index in [4.69, 9.17) is 16.1 Å². The first-order chi connectivity index (χ1) is 14.8. The number of nitrogens with one attached hydrogen (secondary N) is 1. The maximum absolute atomic E-state index is 12.6. The third kappa shape index (κ3) is 6.07. The van der Waals surface area contributed by atoms with Gasteiger partial charge in [-0.2, -0.15) is 0 Å². The topological polar surface area (TPSA) is 95.8 Å². The van der Waals surface area contributed by atoms with Crippen LogP contribution in [-0.4, -0.2) is 65.4 Å². The molecule has 1 N–H and O–H groups in total. The minimum absolute atomic E-state index is 0.0198. The van der Waals surface area contributed by atoms with E-state index in [1.165, 1.54) is 0 Å². The van der Waals surface area contributed by atoms with Crippen LogP contribution >= 0.6 is 11.6 Å². The first-order valence-corrected chi connectivity index (χ1v) is 10.7. The van der Waals surface area contributed by atoms with Gasteiger partial charge in [0.05, 0.1) is 12.1 Å². The number of nitrogens with zero attached hydrogens (tertiary/aromatic N) is 3. The molecule has 1 saturated heterocycles. The van der Waals surface area contributed by atoms with Crippen LogP contribution < -0.4 is 5.32 Å². The molecule has 1 fully saturated rings. The molecule has 3 amide bonds. The molecule has 1 aliphatic rings. The van der Waals surface area contributed by atoms with Crippen LogP contribution in [0.5, 0.6) is 0 Å². The molecule has 1 aromatic carbocycles. The summed E-state index contributed by atoms with van der Waals surface area (Å²) in [5.74, 6) is 0.544. The molecule has 1 aromatic heterocycles. The van der Waals surface area contributed by atoms with E-state index in [0.29, 0.717) is 61.9 Å². The van der Waals surface area contributed by atoms with Gasteiger partial charge in [-0.15, -0.1) is 0 Å². The van der Waals surface area contributed by atoms with E-state index >= 15 is 0 Å². The highest BCUT2D eigenvalue weighted by Gasteiger charge is 2.25. The van der Waals surface area contributed by atoms with Gasteiger partial charge in [-0.1, -0.05) is 16.8 Å². The molecule has 31 heavy (non-hydrogen) atoms. The van der Waals surface area contributed by atoms with Crippen molar-refractivity contribution in [2.75, 3.05) is 32.7 Å². The van der Waals surface area contributed by atoms with Crippen molar-refractivity contribution in [1.29, 1.82) is 0 Å². The highest BCUT2D eigenvalue weighted by atomic mass is 35.5. The number of hydrogen-bond donors (Lipinski definition) is 1. The molecule has 3 rings (SSSR count). The summed E-state index contributed by atoms with van der Waals surface area (Å²) in [7, 11) is 0. The number of rotatable bonds is 7. The van der Waals surface area contributed by atoms with Gasteiger partial charge >= 0.3 is 0 Å². The number of amides is 3. The van der Waals surface area contributed by atoms with Gasteiger partial charge in [0, 0.05) is 55.3 Å². The molecule has 0 bridgehead atoms. The summed E-state index contributed by atoms with van der Waals surface area (Å²) < 4.78 is 5.12. The van der Waals surface area contributed by atoms with E-state index in [1.807, 2.05) is 6.92 Å². The highest BCUT2D eigenvalue weighted by molar-refractivity contribution is 6.30. The number of carbonyl (C=O) groups excluding carboxylic acids is 3. The molecule has 1 aliphatic heterocycles. The molecule has 0 spiro atoms. The second-order valence-electron chi connectivity index (χ2n) is 7.61. The van der Waals surface area contributed by atoms with Crippen LogP contribution in [0.25, 0.3) is 0 Å². The second-order valence-corrected chi connectivity index (χ2v) is 8.04. The summed E-state index contributed by atoms with van der Waals surface area (Å²) in [6.45, 7) is 6.11. The van der Waals surface area contributed by atoms with Crippen LogP contribution in [0.4, 0.5) is 0 Å². The maximum Gasteiger partial charge on any atom is 0.251 e. The van der Waals surface area contributed by atoms with Gasteiger partial charge in [-0.3, -0.25) is 14.4 Å². The van der Waals surface area contributed by atoms with Crippen LogP contribution in [0.3, 0.4) is 0 Å². The van der Waals surface area contributed by atoms with E-state index < -0.39 is 0 Å². The van der Waals surface area contributed by atoms with Crippen molar-refractivity contribution in [3.63, 3.8) is 0 Å². The number of aryl methyl sites for hydroxylation is 2. The van der Waals surface area contributed by atoms with Gasteiger partial charge in [0.1, 0.15) is 5.76 Å². The molecule has 0 atom stereocenters. The van der Waals surface area contributed by atoms with Crippen LogP contribution in [0.15, 0.2) is 28.8 Å². The third-order valence-corrected chi connectivity index (χ3v) is 5.71. The fourth-order valence-corrected chi connectivity index (χ4v) is 3.65. The second kappa shape index (κ2) is 10.4. The zero-order valence-electron chi connectivity index (χ0n) is 17.8. The Hall–Kier alpha value is -2.87. The predicted molar refractivity (Wildman–Crippen MR) is 116 cm³/mol. The minimum atomic E-state index is -0.186. The van der Waals surface area contributed by atoms with E-state index in [2.05, 4.69) is 10.5 Å². The van der Waals surface area contributed by atoms with E-state index in [1.54, 1.807) is 41.0 Å². The highest BCUT2D eigenvalue weighted by Crippen LogP contribution is 2.15. The van der Waals surface area contributed by atoms with Gasteiger partial charge in [0.2, 0.25) is 11.8 Å². The fourth-order valence-electron chi connectivity index (χ4n) is 3.53. The molecular formula is C22H27ClN4O4. The van der Waals surface area contributed by atoms with Gasteiger partial charge in [-0.05, 0) is 44.5 Å². The first-order valence-electron chi connectivity index (χ1n) is 10.4. The van der Waals surface area contributed by atoms with E-state index in [9.17, 15) is 14.4 Å². The van der Waals surface area contributed by atoms with Crippen molar-refractivity contribution in [2.24, 2.45) is 0 Å². The Morgan fingerprint density at radius 3 is 2.23 bits per heavy atom. The quantitative estimate of drug-likeness (QED) is 0.659. The Morgan fingerprint density at radius 1 is 1.03 bits per heavy atom. The molecule has 8 nitrogen and oxygen atoms in total. The van der Waals surface area contributed by atoms with Crippen LogP contribution in [-0.2, 0) is 16.0 Å². The number of halogens is 1. The number of aromatic nitrogens is 1. The maximum atomic E-state index is 12.6. The van der Waals surface area contributed by atoms with Gasteiger partial charge in [-0.25, -0.2) is 0 Å². The normalized spacial score (nSPS) is 13.9. The Balaban J connectivity index is 1.35. The summed E-state index contributed by atoms with van der Waals surface area (Å²) in [6.07, 6.45) is 1.18. The lowest BCUT2D eigenvalue weighted by atomic mass is 10.1. The zero-order valence-corrected chi connectivity index (χ0v) is 18.6. The van der Waals surface area contributed by atoms with Crippen molar-refractivity contribution in [1.82, 2.24) is 20.3 Å². The lowest BCUT2D eigenvalue weighted by molar-refractivity contribution is -0.139. The van der Waals surface area contributed by atoms with Crippen molar-refractivity contribution in [2.45, 2.75) is 33.1 Å². The summed E-state index contributed by atoms with van der Waals surface area (Å²) in [4.78, 5) is 40.6. The van der Waals surface area contributed by atoms with Gasteiger partial charge < -0.3 is 19.6 Å². The van der Waals surface area contributed by atoms with Crippen molar-refractivity contribution in [3.8, 4) is 0 Å². The predicted octanol–water partition coefficient (Wildman–Crippen LogP) is 2.37. The van der Waals surface area contributed by atoms with Gasteiger partial charge in [0.15, 0.2) is 0 Å². The molecule has 0 saturated carbocycles. The molecular weight excluding hydrogens is 420 g/mol. The molecule has 2 heterocycles. The standard InChI is InChI=1S/C22H27ClN4O4/c1-15-19(16(2)31-25-15)14-21(29)27-12-10-26(11-13-27)20(28)4-3-9-24-22(30)17-5-7-18(23)8-6-17/h5-8H,3-4,9-14H2,1-2H3,(H,24,30). The van der Waals surface area contributed by atoms with E-state index in [-0.39, 0.29) is 24.1 Å². The lowest BCUT2D eigenvalue weighted by Crippen LogP contribution is -2.51. The van der Waals surface area contributed by atoms with Crippen molar-refractivity contribution >= 4 is 29.3 Å². The molecule has 0 aliphatic carbocycles. The summed E-state index contributed by atoms with van der Waals surface area (Å²) in [6, 6.07) is 6.65. The Kier molecular flexibility index (Phi) is 7.68. The van der Waals surface area contributed by atoms with Crippen LogP contribution in [0, 0.1) is 13.8 Å². The number of hydrogen-bond acceptors (Lipinski definition) is 5. The molecule has 9 heteroatoms. The Bertz CT molecular complexity index is 914. The molecule has 0 unspecified atom stereocenters. The Labute approximate surface area is 186 Å². The third-order valence-electron chi connectivity index (χ3n) is 5.45. The lowest BCUT2D eigenvalue weighted by Gasteiger charge is -2.35. The molecule has 0 radical (unpaired) electrons. The average Bonchev–Trinajstić information content (AvgIpc) is 3.09. The molecule has 166 valence electrons. The monoisotopic (exact) mass is 446 g/mol. The zero-order chi connectivity index (χ0) is 22.4. The van der Waals surface area contributed by atoms with Crippen LogP contribution in [0.2, 0.25) is 5.02 Å². The largest absolute Gasteiger partial charge is 0.361 e. The summed E-state index contributed by atoms with van der Waals surface area (Å²) in [5, 5.41) is 7.27. The summed E-state index contributed by atoms with van der Waals surface area (Å²) in [5.41, 5.74) is 2.11. The summed E-state index contributed by atoms with van der Waals surface area (Å²) >= 11 is 5.82. The smallest absolute Gasteiger partial charge is 0.251 e. The number of piperazine rings is 1.